The predicted molar refractivity (Wildman–Crippen MR) is 74.3 cm³/mol. The first-order valence-electron chi connectivity index (χ1n) is 5.98. The van der Waals surface area contributed by atoms with Gasteiger partial charge in [0, 0.05) is 10.9 Å². The maximum absolute atomic E-state index is 12.1. The Kier molecular flexibility index (Phi) is 4.22. The van der Waals surface area contributed by atoms with Crippen molar-refractivity contribution in [3.63, 3.8) is 0 Å². The molecule has 1 heterocycles. The summed E-state index contributed by atoms with van der Waals surface area (Å²) in [6, 6.07) is 7.42. The second-order valence-corrected chi connectivity index (χ2v) is 7.74. The molecule has 1 unspecified atom stereocenters. The molecular weight excluding hydrogens is 316 g/mol. The minimum atomic E-state index is -3.22. The van der Waals surface area contributed by atoms with E-state index >= 15 is 0 Å². The van der Waals surface area contributed by atoms with Gasteiger partial charge in [0.05, 0.1) is 5.75 Å². The largest absolute Gasteiger partial charge is 0.298 e. The average molecular weight is 331 g/mol. The van der Waals surface area contributed by atoms with Gasteiger partial charge in [-0.15, -0.1) is 0 Å². The monoisotopic (exact) mass is 330 g/mol. The molecule has 0 radical (unpaired) electrons. The molecule has 1 aliphatic rings. The lowest BCUT2D eigenvalue weighted by atomic mass is 10.0. The number of sulfone groups is 1. The third kappa shape index (κ3) is 3.01. The van der Waals surface area contributed by atoms with Gasteiger partial charge >= 0.3 is 0 Å². The van der Waals surface area contributed by atoms with Gasteiger partial charge in [-0.3, -0.25) is 4.79 Å². The lowest BCUT2D eigenvalue weighted by Gasteiger charge is -2.21. The van der Waals surface area contributed by atoms with Crippen LogP contribution in [0.4, 0.5) is 0 Å². The molecule has 1 atom stereocenters. The molecule has 5 heteroatoms. The molecule has 2 rings (SSSR count). The highest BCUT2D eigenvalue weighted by molar-refractivity contribution is 9.10. The SMILES string of the molecule is O=C(Cc1ccccc1Br)C1CCCCS1(=O)=O. The third-order valence-corrected chi connectivity index (χ3v) is 6.26. The van der Waals surface area contributed by atoms with E-state index in [0.29, 0.717) is 12.8 Å². The molecule has 0 aliphatic carbocycles. The first kappa shape index (κ1) is 13.7. The van der Waals surface area contributed by atoms with Crippen LogP contribution in [0.15, 0.2) is 28.7 Å². The van der Waals surface area contributed by atoms with Crippen LogP contribution < -0.4 is 0 Å². The van der Waals surface area contributed by atoms with Gasteiger partial charge in [0.1, 0.15) is 5.25 Å². The number of halogens is 1. The highest BCUT2D eigenvalue weighted by Gasteiger charge is 2.34. The number of benzene rings is 1. The maximum atomic E-state index is 12.1. The van der Waals surface area contributed by atoms with Gasteiger partial charge in [-0.1, -0.05) is 40.5 Å². The van der Waals surface area contributed by atoms with Crippen LogP contribution in [0.3, 0.4) is 0 Å². The van der Waals surface area contributed by atoms with Crippen molar-refractivity contribution >= 4 is 31.6 Å². The van der Waals surface area contributed by atoms with Gasteiger partial charge in [-0.05, 0) is 24.5 Å². The van der Waals surface area contributed by atoms with E-state index in [2.05, 4.69) is 15.9 Å². The number of rotatable bonds is 3. The quantitative estimate of drug-likeness (QED) is 0.855. The van der Waals surface area contributed by atoms with E-state index in [0.717, 1.165) is 16.5 Å². The van der Waals surface area contributed by atoms with Gasteiger partial charge in [-0.25, -0.2) is 8.42 Å². The Morgan fingerprint density at radius 2 is 2.00 bits per heavy atom. The van der Waals surface area contributed by atoms with Crippen molar-refractivity contribution in [2.75, 3.05) is 5.75 Å². The van der Waals surface area contributed by atoms with E-state index in [9.17, 15) is 13.2 Å². The molecule has 0 N–H and O–H groups in total. The molecule has 3 nitrogen and oxygen atoms in total. The van der Waals surface area contributed by atoms with E-state index < -0.39 is 15.1 Å². The Morgan fingerprint density at radius 1 is 1.28 bits per heavy atom. The molecule has 0 aromatic heterocycles. The topological polar surface area (TPSA) is 51.2 Å². The van der Waals surface area contributed by atoms with Crippen LogP contribution in [0.25, 0.3) is 0 Å². The summed E-state index contributed by atoms with van der Waals surface area (Å²) in [6.07, 6.45) is 2.17. The van der Waals surface area contributed by atoms with E-state index in [1.165, 1.54) is 0 Å². The van der Waals surface area contributed by atoms with Crippen molar-refractivity contribution in [3.8, 4) is 0 Å². The molecule has 98 valence electrons. The Bertz CT molecular complexity index is 551. The first-order chi connectivity index (χ1) is 8.50. The maximum Gasteiger partial charge on any atom is 0.160 e. The lowest BCUT2D eigenvalue weighted by Crippen LogP contribution is -2.36. The Labute approximate surface area is 116 Å². The normalized spacial score (nSPS) is 22.6. The zero-order valence-electron chi connectivity index (χ0n) is 9.93. The fourth-order valence-electron chi connectivity index (χ4n) is 2.26. The lowest BCUT2D eigenvalue weighted by molar-refractivity contribution is -0.118. The summed E-state index contributed by atoms with van der Waals surface area (Å²) in [5.41, 5.74) is 0.850. The summed E-state index contributed by atoms with van der Waals surface area (Å²) >= 11 is 3.38. The standard InChI is InChI=1S/C13H15BrO3S/c14-11-6-2-1-5-10(11)9-12(15)13-7-3-4-8-18(13,16)17/h1-2,5-6,13H,3-4,7-9H2. The third-order valence-electron chi connectivity index (χ3n) is 3.26. The number of hydrogen-bond donors (Lipinski definition) is 0. The molecule has 0 saturated carbocycles. The number of carbonyl (C=O) groups is 1. The Hall–Kier alpha value is -0.680. The minimum absolute atomic E-state index is 0.152. The van der Waals surface area contributed by atoms with Crippen LogP contribution in [-0.2, 0) is 21.1 Å². The fourth-order valence-corrected chi connectivity index (χ4v) is 4.58. The predicted octanol–water partition coefficient (Wildman–Crippen LogP) is 2.53. The minimum Gasteiger partial charge on any atom is -0.298 e. The van der Waals surface area contributed by atoms with Gasteiger partial charge in [-0.2, -0.15) is 0 Å². The van der Waals surface area contributed by atoms with Crippen molar-refractivity contribution in [1.82, 2.24) is 0 Å². The molecule has 1 aliphatic heterocycles. The van der Waals surface area contributed by atoms with Crippen LogP contribution in [0, 0.1) is 0 Å². The van der Waals surface area contributed by atoms with Gasteiger partial charge in [0.2, 0.25) is 0 Å². The highest BCUT2D eigenvalue weighted by Crippen LogP contribution is 2.23. The van der Waals surface area contributed by atoms with Crippen molar-refractivity contribution < 1.29 is 13.2 Å². The van der Waals surface area contributed by atoms with Crippen LogP contribution in [0.1, 0.15) is 24.8 Å². The van der Waals surface area contributed by atoms with E-state index in [4.69, 9.17) is 0 Å². The van der Waals surface area contributed by atoms with Gasteiger partial charge < -0.3 is 0 Å². The summed E-state index contributed by atoms with van der Waals surface area (Å²) in [4.78, 5) is 12.1. The second-order valence-electron chi connectivity index (χ2n) is 4.59. The Balaban J connectivity index is 2.15. The van der Waals surface area contributed by atoms with Crippen molar-refractivity contribution in [2.24, 2.45) is 0 Å². The number of hydrogen-bond acceptors (Lipinski definition) is 3. The molecule has 0 bridgehead atoms. The second kappa shape index (κ2) is 5.53. The molecule has 1 fully saturated rings. The molecule has 0 spiro atoms. The summed E-state index contributed by atoms with van der Waals surface area (Å²) in [7, 11) is -3.22. The average Bonchev–Trinajstić information content (AvgIpc) is 2.31. The van der Waals surface area contributed by atoms with Crippen molar-refractivity contribution in [2.45, 2.75) is 30.9 Å². The smallest absolute Gasteiger partial charge is 0.160 e. The zero-order chi connectivity index (χ0) is 13.2. The number of Topliss-reactive ketones (excluding diaryl/α,β-unsaturated/α-hetero) is 1. The number of ketones is 1. The molecule has 18 heavy (non-hydrogen) atoms. The highest BCUT2D eigenvalue weighted by atomic mass is 79.9. The van der Waals surface area contributed by atoms with Crippen molar-refractivity contribution in [3.05, 3.63) is 34.3 Å². The summed E-state index contributed by atoms with van der Waals surface area (Å²) in [5, 5.41) is -0.793. The summed E-state index contributed by atoms with van der Waals surface area (Å²) in [5.74, 6) is -0.0269. The van der Waals surface area contributed by atoms with Crippen LogP contribution >= 0.6 is 15.9 Å². The van der Waals surface area contributed by atoms with Crippen LogP contribution in [0.5, 0.6) is 0 Å². The van der Waals surface area contributed by atoms with Crippen LogP contribution in [-0.4, -0.2) is 25.2 Å². The Morgan fingerprint density at radius 3 is 2.67 bits per heavy atom. The fraction of sp³-hybridized carbons (Fsp3) is 0.462. The van der Waals surface area contributed by atoms with E-state index in [1.807, 2.05) is 24.3 Å². The molecule has 1 saturated heterocycles. The van der Waals surface area contributed by atoms with Crippen molar-refractivity contribution in [1.29, 1.82) is 0 Å². The first-order valence-corrected chi connectivity index (χ1v) is 8.49. The molecule has 1 aromatic carbocycles. The molecule has 1 aromatic rings. The molecular formula is C13H15BrO3S. The number of carbonyl (C=O) groups excluding carboxylic acids is 1. The molecule has 0 amide bonds. The summed E-state index contributed by atoms with van der Waals surface area (Å²) < 4.78 is 24.6. The zero-order valence-corrected chi connectivity index (χ0v) is 12.3. The van der Waals surface area contributed by atoms with Crippen LogP contribution in [0.2, 0.25) is 0 Å². The van der Waals surface area contributed by atoms with Gasteiger partial charge in [0.15, 0.2) is 15.6 Å². The van der Waals surface area contributed by atoms with Gasteiger partial charge in [0.25, 0.3) is 0 Å². The van der Waals surface area contributed by atoms with E-state index in [-0.39, 0.29) is 18.0 Å². The summed E-state index contributed by atoms with van der Waals surface area (Å²) in [6.45, 7) is 0. The van der Waals surface area contributed by atoms with E-state index in [1.54, 1.807) is 0 Å².